The average Bonchev–Trinajstić information content (AvgIpc) is 2.94. The van der Waals surface area contributed by atoms with Crippen molar-refractivity contribution in [1.82, 2.24) is 9.97 Å². The molecule has 1 aromatic carbocycles. The van der Waals surface area contributed by atoms with E-state index in [4.69, 9.17) is 0 Å². The third-order valence-corrected chi connectivity index (χ3v) is 3.92. The molecule has 2 aromatic heterocycles. The highest BCUT2D eigenvalue weighted by molar-refractivity contribution is 7.09. The van der Waals surface area contributed by atoms with Gasteiger partial charge >= 0.3 is 0 Å². The Morgan fingerprint density at radius 1 is 1.10 bits per heavy atom. The van der Waals surface area contributed by atoms with Crippen LogP contribution >= 0.6 is 11.3 Å². The van der Waals surface area contributed by atoms with Crippen molar-refractivity contribution < 1.29 is 5.11 Å². The van der Waals surface area contributed by atoms with Crippen LogP contribution in [0.5, 0.6) is 0 Å². The second-order valence-corrected chi connectivity index (χ2v) is 5.56. The maximum atomic E-state index is 9.38. The third kappa shape index (κ3) is 2.48. The van der Waals surface area contributed by atoms with Gasteiger partial charge in [0.2, 0.25) is 0 Å². The van der Waals surface area contributed by atoms with Crippen LogP contribution in [0.4, 0.5) is 0 Å². The van der Waals surface area contributed by atoms with Crippen LogP contribution < -0.4 is 0 Å². The average molecular weight is 282 g/mol. The van der Waals surface area contributed by atoms with Crippen LogP contribution in [-0.4, -0.2) is 15.1 Å². The van der Waals surface area contributed by atoms with Gasteiger partial charge in [-0.2, -0.15) is 0 Å². The maximum Gasteiger partial charge on any atom is 0.0901 e. The summed E-state index contributed by atoms with van der Waals surface area (Å²) in [5.41, 5.74) is 4.69. The van der Waals surface area contributed by atoms with Crippen LogP contribution in [0.25, 0.3) is 22.5 Å². The first-order valence-corrected chi connectivity index (χ1v) is 7.23. The fourth-order valence-electron chi connectivity index (χ4n) is 2.11. The number of hydrogen-bond donors (Lipinski definition) is 1. The largest absolute Gasteiger partial charge is 0.392 e. The van der Waals surface area contributed by atoms with E-state index in [1.807, 2.05) is 54.9 Å². The molecule has 0 radical (unpaired) electrons. The van der Waals surface area contributed by atoms with Gasteiger partial charge in [0.15, 0.2) is 0 Å². The number of aromatic nitrogens is 2. The Balaban J connectivity index is 1.97. The summed E-state index contributed by atoms with van der Waals surface area (Å²) in [7, 11) is 0. The highest BCUT2D eigenvalue weighted by Gasteiger charge is 2.07. The van der Waals surface area contributed by atoms with Crippen LogP contribution in [0, 0.1) is 6.92 Å². The zero-order valence-corrected chi connectivity index (χ0v) is 11.9. The Bertz CT molecular complexity index is 719. The number of aliphatic hydroxyl groups is 1. The number of pyridine rings is 1. The van der Waals surface area contributed by atoms with E-state index in [-0.39, 0.29) is 6.61 Å². The zero-order chi connectivity index (χ0) is 13.9. The lowest BCUT2D eigenvalue weighted by Gasteiger charge is -2.06. The molecule has 20 heavy (non-hydrogen) atoms. The van der Waals surface area contributed by atoms with Crippen molar-refractivity contribution in [2.45, 2.75) is 13.5 Å². The van der Waals surface area contributed by atoms with Crippen molar-refractivity contribution in [2.24, 2.45) is 0 Å². The van der Waals surface area contributed by atoms with Gasteiger partial charge in [0.25, 0.3) is 0 Å². The lowest BCUT2D eigenvalue weighted by atomic mass is 10.0. The fraction of sp³-hybridized carbons (Fsp3) is 0.125. The number of hydrogen-bond acceptors (Lipinski definition) is 4. The van der Waals surface area contributed by atoms with E-state index >= 15 is 0 Å². The Morgan fingerprint density at radius 3 is 2.60 bits per heavy atom. The van der Waals surface area contributed by atoms with Crippen molar-refractivity contribution >= 4 is 11.3 Å². The highest BCUT2D eigenvalue weighted by Crippen LogP contribution is 2.25. The van der Waals surface area contributed by atoms with Crippen LogP contribution in [0.15, 0.2) is 48.0 Å². The Labute approximate surface area is 121 Å². The van der Waals surface area contributed by atoms with E-state index in [1.165, 1.54) is 0 Å². The molecule has 0 saturated carbocycles. The number of benzene rings is 1. The molecule has 4 heteroatoms. The molecule has 100 valence electrons. The van der Waals surface area contributed by atoms with Gasteiger partial charge in [-0.15, -0.1) is 11.3 Å². The Kier molecular flexibility index (Phi) is 3.58. The van der Waals surface area contributed by atoms with Gasteiger partial charge < -0.3 is 5.11 Å². The summed E-state index contributed by atoms with van der Waals surface area (Å²) in [5.74, 6) is 0. The normalized spacial score (nSPS) is 10.7. The third-order valence-electron chi connectivity index (χ3n) is 3.14. The first-order chi connectivity index (χ1) is 9.78. The lowest BCUT2D eigenvalue weighted by molar-refractivity contribution is 0.282. The molecule has 0 bridgehead atoms. The van der Waals surface area contributed by atoms with Crippen molar-refractivity contribution in [1.29, 1.82) is 0 Å². The molecule has 0 atom stereocenters. The molecule has 0 aliphatic rings. The molecular weight excluding hydrogens is 268 g/mol. The van der Waals surface area contributed by atoms with Gasteiger partial charge in [0, 0.05) is 22.7 Å². The van der Waals surface area contributed by atoms with E-state index in [0.29, 0.717) is 0 Å². The van der Waals surface area contributed by atoms with Gasteiger partial charge in [-0.1, -0.05) is 24.3 Å². The predicted octanol–water partition coefficient (Wildman–Crippen LogP) is 3.67. The molecule has 0 saturated heterocycles. The van der Waals surface area contributed by atoms with Gasteiger partial charge in [-0.05, 0) is 24.6 Å². The Hall–Kier alpha value is -2.04. The number of aryl methyl sites for hydroxylation is 1. The molecule has 0 amide bonds. The topological polar surface area (TPSA) is 46.0 Å². The standard InChI is InChI=1S/C16H14N2OS/c1-11-18-16(10-20-11)12-6-7-15(17-8-12)14-5-3-2-4-13(14)9-19/h2-8,10,19H,9H2,1H3. The maximum absolute atomic E-state index is 9.38. The molecule has 0 aliphatic heterocycles. The minimum Gasteiger partial charge on any atom is -0.392 e. The predicted molar refractivity (Wildman–Crippen MR) is 81.4 cm³/mol. The van der Waals surface area contributed by atoms with Crippen LogP contribution in [0.1, 0.15) is 10.6 Å². The minimum atomic E-state index is 0.0187. The zero-order valence-electron chi connectivity index (χ0n) is 11.1. The summed E-state index contributed by atoms with van der Waals surface area (Å²) in [6.45, 7) is 2.01. The number of thiazole rings is 1. The molecule has 1 N–H and O–H groups in total. The first-order valence-electron chi connectivity index (χ1n) is 6.35. The minimum absolute atomic E-state index is 0.0187. The number of rotatable bonds is 3. The summed E-state index contributed by atoms with van der Waals surface area (Å²) >= 11 is 1.63. The smallest absolute Gasteiger partial charge is 0.0901 e. The quantitative estimate of drug-likeness (QED) is 0.797. The second-order valence-electron chi connectivity index (χ2n) is 4.50. The van der Waals surface area contributed by atoms with Gasteiger partial charge in [0.05, 0.1) is 23.0 Å². The lowest BCUT2D eigenvalue weighted by Crippen LogP contribution is -1.91. The first kappa shape index (κ1) is 13.0. The summed E-state index contributed by atoms with van der Waals surface area (Å²) < 4.78 is 0. The summed E-state index contributed by atoms with van der Waals surface area (Å²) in [5, 5.41) is 12.5. The van der Waals surface area contributed by atoms with Crippen molar-refractivity contribution in [3.05, 3.63) is 58.5 Å². The molecule has 3 aromatic rings. The van der Waals surface area contributed by atoms with E-state index in [0.717, 1.165) is 33.1 Å². The summed E-state index contributed by atoms with van der Waals surface area (Å²) in [4.78, 5) is 8.95. The van der Waals surface area contributed by atoms with E-state index in [2.05, 4.69) is 9.97 Å². The highest BCUT2D eigenvalue weighted by atomic mass is 32.1. The number of nitrogens with zero attached hydrogens (tertiary/aromatic N) is 2. The van der Waals surface area contributed by atoms with E-state index < -0.39 is 0 Å². The second kappa shape index (κ2) is 5.53. The molecular formula is C16H14N2OS. The van der Waals surface area contributed by atoms with Gasteiger partial charge in [-0.25, -0.2) is 4.98 Å². The molecule has 2 heterocycles. The monoisotopic (exact) mass is 282 g/mol. The van der Waals surface area contributed by atoms with E-state index in [1.54, 1.807) is 11.3 Å². The number of aliphatic hydroxyl groups excluding tert-OH is 1. The molecule has 3 rings (SSSR count). The summed E-state index contributed by atoms with van der Waals surface area (Å²) in [6.07, 6.45) is 1.83. The summed E-state index contributed by atoms with van der Waals surface area (Å²) in [6, 6.07) is 11.7. The Morgan fingerprint density at radius 2 is 1.95 bits per heavy atom. The van der Waals surface area contributed by atoms with Crippen molar-refractivity contribution in [3.8, 4) is 22.5 Å². The van der Waals surface area contributed by atoms with Crippen molar-refractivity contribution in [3.63, 3.8) is 0 Å². The molecule has 0 fully saturated rings. The van der Waals surface area contributed by atoms with Crippen LogP contribution in [0.2, 0.25) is 0 Å². The molecule has 0 unspecified atom stereocenters. The SMILES string of the molecule is Cc1nc(-c2ccc(-c3ccccc3CO)nc2)cs1. The van der Waals surface area contributed by atoms with Crippen LogP contribution in [0.3, 0.4) is 0 Å². The van der Waals surface area contributed by atoms with Crippen LogP contribution in [-0.2, 0) is 6.61 Å². The molecule has 0 aliphatic carbocycles. The van der Waals surface area contributed by atoms with E-state index in [9.17, 15) is 5.11 Å². The fourth-order valence-corrected chi connectivity index (χ4v) is 2.73. The van der Waals surface area contributed by atoms with Crippen molar-refractivity contribution in [2.75, 3.05) is 0 Å². The molecule has 0 spiro atoms. The molecule has 3 nitrogen and oxygen atoms in total. The van der Waals surface area contributed by atoms with Gasteiger partial charge in [0.1, 0.15) is 0 Å². The van der Waals surface area contributed by atoms with Gasteiger partial charge in [-0.3, -0.25) is 4.98 Å².